The number of hydrogen-bond acceptors (Lipinski definition) is 6. The van der Waals surface area contributed by atoms with Gasteiger partial charge < -0.3 is 20.5 Å². The molecule has 3 N–H and O–H groups in total. The summed E-state index contributed by atoms with van der Waals surface area (Å²) in [7, 11) is 0. The number of nitrogens with one attached hydrogen (secondary N) is 3. The van der Waals surface area contributed by atoms with Crippen LogP contribution in [0.1, 0.15) is 45.0 Å². The molecule has 3 aromatic rings. The van der Waals surface area contributed by atoms with Gasteiger partial charge in [-0.25, -0.2) is 19.3 Å². The highest BCUT2D eigenvalue weighted by molar-refractivity contribution is 5.83. The van der Waals surface area contributed by atoms with Crippen LogP contribution < -0.4 is 16.0 Å². The molecule has 9 nitrogen and oxygen atoms in total. The summed E-state index contributed by atoms with van der Waals surface area (Å²) in [5.41, 5.74) is 3.01. The largest absolute Gasteiger partial charge is 0.356 e. The quantitative estimate of drug-likeness (QED) is 0.412. The number of nitrogens with zero attached hydrogens (tertiary/aromatic N) is 4. The molecule has 4 rings (SSSR count). The predicted molar refractivity (Wildman–Crippen MR) is 131 cm³/mol. The van der Waals surface area contributed by atoms with Gasteiger partial charge in [0.1, 0.15) is 11.6 Å². The lowest BCUT2D eigenvalue weighted by Gasteiger charge is -2.18. The first-order valence-corrected chi connectivity index (χ1v) is 12.0. The molecule has 1 aliphatic heterocycles. The van der Waals surface area contributed by atoms with Crippen LogP contribution in [0.15, 0.2) is 36.5 Å². The number of halogens is 1. The molecule has 0 saturated heterocycles. The zero-order valence-corrected chi connectivity index (χ0v) is 20.0. The Labute approximate surface area is 203 Å². The third-order valence-corrected chi connectivity index (χ3v) is 5.89. The van der Waals surface area contributed by atoms with Crippen molar-refractivity contribution in [2.75, 3.05) is 25.0 Å². The summed E-state index contributed by atoms with van der Waals surface area (Å²) >= 11 is 0. The molecule has 0 bridgehead atoms. The highest BCUT2D eigenvalue weighted by Gasteiger charge is 2.31. The molecule has 2 amide bonds. The monoisotopic (exact) mass is 479 g/mol. The van der Waals surface area contributed by atoms with Crippen LogP contribution in [-0.2, 0) is 16.0 Å². The summed E-state index contributed by atoms with van der Waals surface area (Å²) in [6, 6.07) is 8.06. The molecule has 1 atom stereocenters. The van der Waals surface area contributed by atoms with Gasteiger partial charge in [-0.1, -0.05) is 0 Å². The third-order valence-electron chi connectivity index (χ3n) is 5.89. The van der Waals surface area contributed by atoms with E-state index in [0.717, 1.165) is 29.9 Å². The van der Waals surface area contributed by atoms with Crippen molar-refractivity contribution < 1.29 is 14.0 Å². The fourth-order valence-corrected chi connectivity index (χ4v) is 4.29. The molecular formula is C25H30FN7O2. The lowest BCUT2D eigenvalue weighted by molar-refractivity contribution is -0.126. The number of imidazole rings is 1. The minimum Gasteiger partial charge on any atom is -0.356 e. The average molecular weight is 480 g/mol. The number of carbonyl (C=O) groups excluding carboxylic acids is 2. The van der Waals surface area contributed by atoms with Crippen LogP contribution in [0.5, 0.6) is 0 Å². The summed E-state index contributed by atoms with van der Waals surface area (Å²) in [5, 5.41) is 8.80. The minimum absolute atomic E-state index is 0.0207. The number of carbonyl (C=O) groups is 2. The van der Waals surface area contributed by atoms with Crippen LogP contribution in [0.4, 0.5) is 10.3 Å². The Morgan fingerprint density at radius 3 is 2.49 bits per heavy atom. The van der Waals surface area contributed by atoms with Crippen LogP contribution in [0.3, 0.4) is 0 Å². The van der Waals surface area contributed by atoms with E-state index < -0.39 is 0 Å². The standard InChI is InChI=1S/C25H30FN7O2/c1-3-27-21(34)11-12-22(35)30-15-18-9-10-20-32-23(16-5-7-17(26)8-6-16)24(33(18)20)19-13-14-29-25(31-19)28-4-2/h5-8,13-14,18H,3-4,9-12,15H2,1-2H3,(H,27,34)(H,30,35)(H,28,29,31). The molecule has 2 aromatic heterocycles. The number of anilines is 1. The average Bonchev–Trinajstić information content (AvgIpc) is 3.42. The maximum absolute atomic E-state index is 13.6. The van der Waals surface area contributed by atoms with E-state index in [1.807, 2.05) is 19.9 Å². The van der Waals surface area contributed by atoms with Crippen LogP contribution >= 0.6 is 0 Å². The molecule has 35 heavy (non-hydrogen) atoms. The Hall–Kier alpha value is -3.82. The summed E-state index contributed by atoms with van der Waals surface area (Å²) in [6.45, 7) is 5.46. The zero-order valence-electron chi connectivity index (χ0n) is 20.0. The van der Waals surface area contributed by atoms with Gasteiger partial charge in [-0.15, -0.1) is 0 Å². The molecular weight excluding hydrogens is 449 g/mol. The number of hydrogen-bond donors (Lipinski definition) is 3. The lowest BCUT2D eigenvalue weighted by atomic mass is 10.1. The van der Waals surface area contributed by atoms with E-state index >= 15 is 0 Å². The van der Waals surface area contributed by atoms with Crippen molar-refractivity contribution in [3.05, 3.63) is 48.2 Å². The SMILES string of the molecule is CCNC(=O)CCC(=O)NCC1CCc2nc(-c3ccc(F)cc3)c(-c3ccnc(NCC)n3)n21. The van der Waals surface area contributed by atoms with Crippen LogP contribution in [0.25, 0.3) is 22.6 Å². The number of aryl methyl sites for hydroxylation is 1. The molecule has 0 fully saturated rings. The molecule has 1 unspecified atom stereocenters. The highest BCUT2D eigenvalue weighted by atomic mass is 19.1. The summed E-state index contributed by atoms with van der Waals surface area (Å²) in [6.07, 6.45) is 3.57. The molecule has 184 valence electrons. The fraction of sp³-hybridized carbons (Fsp3) is 0.400. The fourth-order valence-electron chi connectivity index (χ4n) is 4.29. The minimum atomic E-state index is -0.313. The molecule has 0 radical (unpaired) electrons. The van der Waals surface area contributed by atoms with Crippen LogP contribution in [0, 0.1) is 5.82 Å². The van der Waals surface area contributed by atoms with Crippen molar-refractivity contribution in [1.82, 2.24) is 30.2 Å². The maximum Gasteiger partial charge on any atom is 0.223 e. The van der Waals surface area contributed by atoms with Crippen LogP contribution in [0.2, 0.25) is 0 Å². The molecule has 0 saturated carbocycles. The van der Waals surface area contributed by atoms with Gasteiger partial charge in [0.25, 0.3) is 0 Å². The summed E-state index contributed by atoms with van der Waals surface area (Å²) in [4.78, 5) is 37.9. The normalized spacial score (nSPS) is 14.4. The van der Waals surface area contributed by atoms with Crippen molar-refractivity contribution in [2.45, 2.75) is 45.6 Å². The first-order valence-electron chi connectivity index (χ1n) is 12.0. The number of aromatic nitrogens is 4. The van der Waals surface area contributed by atoms with E-state index in [9.17, 15) is 14.0 Å². The molecule has 1 aromatic carbocycles. The number of rotatable bonds is 10. The van der Waals surface area contributed by atoms with Crippen molar-refractivity contribution in [3.8, 4) is 22.6 Å². The smallest absolute Gasteiger partial charge is 0.223 e. The molecule has 0 aliphatic carbocycles. The molecule has 1 aliphatic rings. The van der Waals surface area contributed by atoms with Crippen molar-refractivity contribution >= 4 is 17.8 Å². The van der Waals surface area contributed by atoms with Gasteiger partial charge in [0, 0.05) is 50.7 Å². The van der Waals surface area contributed by atoms with Crippen molar-refractivity contribution in [1.29, 1.82) is 0 Å². The number of benzene rings is 1. The maximum atomic E-state index is 13.6. The Bertz CT molecular complexity index is 1190. The Morgan fingerprint density at radius 1 is 1.03 bits per heavy atom. The second-order valence-corrected chi connectivity index (χ2v) is 8.35. The number of fused-ring (bicyclic) bond motifs is 1. The summed E-state index contributed by atoms with van der Waals surface area (Å²) in [5.74, 6) is 0.795. The Balaban J connectivity index is 1.62. The van der Waals surface area contributed by atoms with Crippen LogP contribution in [-0.4, -0.2) is 51.0 Å². The Morgan fingerprint density at radius 2 is 1.77 bits per heavy atom. The van der Waals surface area contributed by atoms with Gasteiger partial charge in [-0.3, -0.25) is 9.59 Å². The predicted octanol–water partition coefficient (Wildman–Crippen LogP) is 3.10. The van der Waals surface area contributed by atoms with Crippen molar-refractivity contribution in [2.24, 2.45) is 0 Å². The van der Waals surface area contributed by atoms with Gasteiger partial charge in [0.15, 0.2) is 0 Å². The second kappa shape index (κ2) is 11.1. The number of amides is 2. The van der Waals surface area contributed by atoms with E-state index in [1.54, 1.807) is 18.3 Å². The van der Waals surface area contributed by atoms with E-state index in [4.69, 9.17) is 9.97 Å². The lowest BCUT2D eigenvalue weighted by Crippen LogP contribution is -2.31. The third kappa shape index (κ3) is 5.64. The van der Waals surface area contributed by atoms with E-state index in [1.165, 1.54) is 12.1 Å². The van der Waals surface area contributed by atoms with Crippen molar-refractivity contribution in [3.63, 3.8) is 0 Å². The van der Waals surface area contributed by atoms with Gasteiger partial charge in [0.05, 0.1) is 23.1 Å². The first-order chi connectivity index (χ1) is 17.0. The topological polar surface area (TPSA) is 114 Å². The van der Waals surface area contributed by atoms with Gasteiger partial charge in [0.2, 0.25) is 17.8 Å². The van der Waals surface area contributed by atoms with E-state index in [0.29, 0.717) is 37.0 Å². The zero-order chi connectivity index (χ0) is 24.8. The Kier molecular flexibility index (Phi) is 7.69. The van der Waals surface area contributed by atoms with E-state index in [-0.39, 0.29) is 36.5 Å². The highest BCUT2D eigenvalue weighted by Crippen LogP contribution is 2.39. The van der Waals surface area contributed by atoms with Gasteiger partial charge in [-0.05, 0) is 50.6 Å². The second-order valence-electron chi connectivity index (χ2n) is 8.35. The summed E-state index contributed by atoms with van der Waals surface area (Å²) < 4.78 is 15.7. The molecule has 3 heterocycles. The molecule has 0 spiro atoms. The van der Waals surface area contributed by atoms with Gasteiger partial charge in [-0.2, -0.15) is 0 Å². The van der Waals surface area contributed by atoms with E-state index in [2.05, 4.69) is 25.5 Å². The first kappa shape index (κ1) is 24.3. The molecule has 10 heteroatoms. The van der Waals surface area contributed by atoms with Gasteiger partial charge >= 0.3 is 0 Å².